The summed E-state index contributed by atoms with van der Waals surface area (Å²) in [6.45, 7) is 6.50. The highest BCUT2D eigenvalue weighted by Crippen LogP contribution is 2.33. The lowest BCUT2D eigenvalue weighted by atomic mass is 10.1. The van der Waals surface area contributed by atoms with Crippen molar-refractivity contribution in [1.29, 1.82) is 0 Å². The highest BCUT2D eigenvalue weighted by atomic mass is 32.2. The molecule has 1 atom stereocenters. The molecule has 2 rings (SSSR count). The van der Waals surface area contributed by atoms with Crippen LogP contribution in [0.15, 0.2) is 17.0 Å². The summed E-state index contributed by atoms with van der Waals surface area (Å²) in [5.74, 6) is 0.710. The molecule has 1 aromatic carbocycles. The quantitative estimate of drug-likeness (QED) is 0.813. The van der Waals surface area contributed by atoms with Crippen molar-refractivity contribution in [2.24, 2.45) is 5.92 Å². The summed E-state index contributed by atoms with van der Waals surface area (Å²) < 4.78 is 28.0. The maximum atomic E-state index is 12.6. The summed E-state index contributed by atoms with van der Waals surface area (Å²) in [7, 11) is -1.58. The first-order valence-electron chi connectivity index (χ1n) is 7.60. The Morgan fingerprint density at radius 2 is 1.90 bits per heavy atom. The lowest BCUT2D eigenvalue weighted by Gasteiger charge is -2.17. The predicted octanol–water partition coefficient (Wildman–Crippen LogP) is 2.49. The summed E-state index contributed by atoms with van der Waals surface area (Å²) >= 11 is 0. The van der Waals surface area contributed by atoms with E-state index in [1.807, 2.05) is 33.9 Å². The van der Waals surface area contributed by atoms with Gasteiger partial charge in [0, 0.05) is 12.6 Å². The smallest absolute Gasteiger partial charge is 0.241 e. The van der Waals surface area contributed by atoms with Crippen LogP contribution >= 0.6 is 0 Å². The molecule has 0 spiro atoms. The molecular formula is C16H26N2O2S. The van der Waals surface area contributed by atoms with Gasteiger partial charge in [0.2, 0.25) is 10.0 Å². The first kappa shape index (κ1) is 16.5. The van der Waals surface area contributed by atoms with Crippen LogP contribution in [0.5, 0.6) is 0 Å². The average molecular weight is 310 g/mol. The van der Waals surface area contributed by atoms with Gasteiger partial charge >= 0.3 is 0 Å². The zero-order chi connectivity index (χ0) is 15.6. The standard InChI is InChI=1S/C16H26N2O2S/c1-11-7-12(2)16(9-15(11)10-17-4)21(19,20)18-13(3)8-14-5-6-14/h7,9,13-14,17-18H,5-6,8,10H2,1-4H3. The van der Waals surface area contributed by atoms with E-state index < -0.39 is 10.0 Å². The van der Waals surface area contributed by atoms with Gasteiger partial charge in [-0.05, 0) is 62.9 Å². The van der Waals surface area contributed by atoms with Crippen LogP contribution in [0.25, 0.3) is 0 Å². The second-order valence-electron chi connectivity index (χ2n) is 6.28. The zero-order valence-electron chi connectivity index (χ0n) is 13.4. The van der Waals surface area contributed by atoms with Crippen molar-refractivity contribution >= 4 is 10.0 Å². The summed E-state index contributed by atoms with van der Waals surface area (Å²) in [4.78, 5) is 0.404. The topological polar surface area (TPSA) is 58.2 Å². The van der Waals surface area contributed by atoms with Gasteiger partial charge in [0.1, 0.15) is 0 Å². The summed E-state index contributed by atoms with van der Waals surface area (Å²) in [5.41, 5.74) is 2.95. The summed E-state index contributed by atoms with van der Waals surface area (Å²) in [5, 5.41) is 3.08. The highest BCUT2D eigenvalue weighted by Gasteiger charge is 2.27. The fraction of sp³-hybridized carbons (Fsp3) is 0.625. The first-order chi connectivity index (χ1) is 9.83. The Hall–Kier alpha value is -0.910. The molecule has 118 valence electrons. The number of rotatable bonds is 7. The Labute approximate surface area is 128 Å². The molecule has 0 heterocycles. The summed E-state index contributed by atoms with van der Waals surface area (Å²) in [6, 6.07) is 3.75. The third kappa shape index (κ3) is 4.28. The molecule has 1 aliphatic rings. The molecule has 1 fully saturated rings. The molecule has 1 aliphatic carbocycles. The minimum absolute atomic E-state index is 0.00375. The Morgan fingerprint density at radius 1 is 1.24 bits per heavy atom. The monoisotopic (exact) mass is 310 g/mol. The van der Waals surface area contributed by atoms with Gasteiger partial charge in [0.25, 0.3) is 0 Å². The van der Waals surface area contributed by atoms with Crippen molar-refractivity contribution in [3.8, 4) is 0 Å². The Bertz CT molecular complexity index is 607. The third-order valence-corrected chi connectivity index (χ3v) is 5.76. The molecule has 0 radical (unpaired) electrons. The maximum absolute atomic E-state index is 12.6. The lowest BCUT2D eigenvalue weighted by molar-refractivity contribution is 0.529. The average Bonchev–Trinajstić information content (AvgIpc) is 3.15. The van der Waals surface area contributed by atoms with Crippen molar-refractivity contribution in [3.63, 3.8) is 0 Å². The van der Waals surface area contributed by atoms with Crippen LogP contribution in [0.3, 0.4) is 0 Å². The number of aryl methyl sites for hydroxylation is 2. The molecule has 21 heavy (non-hydrogen) atoms. The SMILES string of the molecule is CNCc1cc(S(=O)(=O)NC(C)CC2CC2)c(C)cc1C. The molecule has 4 nitrogen and oxygen atoms in total. The molecule has 0 aliphatic heterocycles. The molecule has 1 aromatic rings. The van der Waals surface area contributed by atoms with Crippen LogP contribution in [-0.2, 0) is 16.6 Å². The van der Waals surface area contributed by atoms with Gasteiger partial charge in [-0.1, -0.05) is 18.9 Å². The van der Waals surface area contributed by atoms with E-state index >= 15 is 0 Å². The molecule has 1 unspecified atom stereocenters. The van der Waals surface area contributed by atoms with Crippen LogP contribution in [0.2, 0.25) is 0 Å². The number of benzene rings is 1. The van der Waals surface area contributed by atoms with Gasteiger partial charge in [-0.2, -0.15) is 0 Å². The molecule has 0 aromatic heterocycles. The van der Waals surface area contributed by atoms with Gasteiger partial charge in [-0.3, -0.25) is 0 Å². The van der Waals surface area contributed by atoms with Gasteiger partial charge in [0.15, 0.2) is 0 Å². The van der Waals surface area contributed by atoms with Crippen molar-refractivity contribution in [2.75, 3.05) is 7.05 Å². The number of nitrogens with one attached hydrogen (secondary N) is 2. The van der Waals surface area contributed by atoms with Crippen molar-refractivity contribution < 1.29 is 8.42 Å². The minimum atomic E-state index is -3.44. The van der Waals surface area contributed by atoms with Gasteiger partial charge < -0.3 is 5.32 Å². The van der Waals surface area contributed by atoms with E-state index in [1.54, 1.807) is 6.07 Å². The molecule has 5 heteroatoms. The number of hydrogen-bond acceptors (Lipinski definition) is 3. The van der Waals surface area contributed by atoms with Crippen molar-refractivity contribution in [1.82, 2.24) is 10.0 Å². The van der Waals surface area contributed by atoms with Crippen LogP contribution in [0.1, 0.15) is 42.9 Å². The minimum Gasteiger partial charge on any atom is -0.316 e. The highest BCUT2D eigenvalue weighted by molar-refractivity contribution is 7.89. The van der Waals surface area contributed by atoms with E-state index in [1.165, 1.54) is 12.8 Å². The van der Waals surface area contributed by atoms with Crippen molar-refractivity contribution in [2.45, 2.75) is 57.5 Å². The summed E-state index contributed by atoms with van der Waals surface area (Å²) in [6.07, 6.45) is 3.41. The lowest BCUT2D eigenvalue weighted by Crippen LogP contribution is -2.33. The molecular weight excluding hydrogens is 284 g/mol. The Balaban J connectivity index is 2.23. The van der Waals surface area contributed by atoms with Crippen molar-refractivity contribution in [3.05, 3.63) is 28.8 Å². The fourth-order valence-corrected chi connectivity index (χ4v) is 4.31. The predicted molar refractivity (Wildman–Crippen MR) is 85.8 cm³/mol. The second-order valence-corrected chi connectivity index (χ2v) is 7.96. The number of sulfonamides is 1. The Morgan fingerprint density at radius 3 is 2.48 bits per heavy atom. The van der Waals surface area contributed by atoms with E-state index in [2.05, 4.69) is 10.0 Å². The third-order valence-electron chi connectivity index (χ3n) is 4.03. The molecule has 1 saturated carbocycles. The fourth-order valence-electron chi connectivity index (χ4n) is 2.77. The van der Waals surface area contributed by atoms with E-state index in [9.17, 15) is 8.42 Å². The van der Waals surface area contributed by atoms with Crippen LogP contribution in [-0.4, -0.2) is 21.5 Å². The van der Waals surface area contributed by atoms with Gasteiger partial charge in [-0.15, -0.1) is 0 Å². The molecule has 0 bridgehead atoms. The first-order valence-corrected chi connectivity index (χ1v) is 9.09. The maximum Gasteiger partial charge on any atom is 0.241 e. The number of hydrogen-bond donors (Lipinski definition) is 2. The van der Waals surface area contributed by atoms with E-state index in [4.69, 9.17) is 0 Å². The second kappa shape index (κ2) is 6.46. The molecule has 0 amide bonds. The van der Waals surface area contributed by atoms with Gasteiger partial charge in [-0.25, -0.2) is 13.1 Å². The van der Waals surface area contributed by atoms with Crippen LogP contribution < -0.4 is 10.0 Å². The van der Waals surface area contributed by atoms with E-state index in [0.29, 0.717) is 17.4 Å². The van der Waals surface area contributed by atoms with E-state index in [0.717, 1.165) is 23.1 Å². The van der Waals surface area contributed by atoms with Crippen LogP contribution in [0, 0.1) is 19.8 Å². The molecule has 2 N–H and O–H groups in total. The van der Waals surface area contributed by atoms with Gasteiger partial charge in [0.05, 0.1) is 4.90 Å². The normalized spacial score (nSPS) is 17.0. The molecule has 0 saturated heterocycles. The largest absolute Gasteiger partial charge is 0.316 e. The zero-order valence-corrected chi connectivity index (χ0v) is 14.2. The Kier molecular flexibility index (Phi) is 5.07. The van der Waals surface area contributed by atoms with Crippen LogP contribution in [0.4, 0.5) is 0 Å². The van der Waals surface area contributed by atoms with E-state index in [-0.39, 0.29) is 6.04 Å².